The lowest BCUT2D eigenvalue weighted by Crippen LogP contribution is -2.51. The number of benzene rings is 1. The molecule has 0 saturated heterocycles. The second-order valence-electron chi connectivity index (χ2n) is 8.90. The Kier molecular flexibility index (Phi) is 6.46. The Morgan fingerprint density at radius 2 is 1.94 bits per heavy atom. The number of rotatable bonds is 4. The maximum absolute atomic E-state index is 13.0. The number of pyridine rings is 1. The molecule has 7 nitrogen and oxygen atoms in total. The van der Waals surface area contributed by atoms with E-state index in [-0.39, 0.29) is 18.1 Å². The summed E-state index contributed by atoms with van der Waals surface area (Å²) in [5, 5.41) is 2.85. The fraction of sp³-hybridized carbons (Fsp3) is 0.480. The molecule has 2 amide bonds. The number of nitrogens with zero attached hydrogens (tertiary/aromatic N) is 2. The number of amides is 2. The monoisotopic (exact) mass is 437 g/mol. The van der Waals surface area contributed by atoms with Crippen molar-refractivity contribution in [3.8, 4) is 11.3 Å². The zero-order valence-electron chi connectivity index (χ0n) is 19.2. The van der Waals surface area contributed by atoms with E-state index in [4.69, 9.17) is 14.5 Å². The van der Waals surface area contributed by atoms with Crippen LogP contribution >= 0.6 is 0 Å². The number of methoxy groups -OCH3 is 1. The van der Waals surface area contributed by atoms with Crippen LogP contribution in [0.3, 0.4) is 0 Å². The minimum atomic E-state index is -0.675. The number of hydrogen-bond donors (Lipinski definition) is 1. The average Bonchev–Trinajstić information content (AvgIpc) is 2.81. The Balaban J connectivity index is 1.64. The Hall–Kier alpha value is -2.93. The number of aromatic nitrogens is 1. The van der Waals surface area contributed by atoms with Crippen LogP contribution in [-0.2, 0) is 40.3 Å². The van der Waals surface area contributed by atoms with E-state index in [0.717, 1.165) is 34.5 Å². The molecule has 32 heavy (non-hydrogen) atoms. The molecular formula is C25H31N3O4. The molecule has 7 heteroatoms. The molecule has 2 aliphatic heterocycles. The van der Waals surface area contributed by atoms with Crippen LogP contribution in [0.5, 0.6) is 0 Å². The second-order valence-corrected chi connectivity index (χ2v) is 8.90. The molecule has 1 N–H and O–H groups in total. The summed E-state index contributed by atoms with van der Waals surface area (Å²) in [5.41, 5.74) is 6.60. The van der Waals surface area contributed by atoms with Crippen LogP contribution in [-0.4, -0.2) is 47.7 Å². The third-order valence-corrected chi connectivity index (χ3v) is 6.32. The fourth-order valence-corrected chi connectivity index (χ4v) is 4.50. The number of carbonyl (C=O) groups is 2. The molecule has 170 valence electrons. The third-order valence-electron chi connectivity index (χ3n) is 6.32. The number of fused-ring (bicyclic) bond motifs is 3. The van der Waals surface area contributed by atoms with Crippen molar-refractivity contribution < 1.29 is 19.1 Å². The first-order chi connectivity index (χ1) is 15.4. The minimum absolute atomic E-state index is 0.0683. The van der Waals surface area contributed by atoms with Crippen molar-refractivity contribution in [2.75, 3.05) is 13.7 Å². The van der Waals surface area contributed by atoms with E-state index in [1.165, 1.54) is 12.7 Å². The van der Waals surface area contributed by atoms with Gasteiger partial charge in [-0.3, -0.25) is 4.98 Å². The normalized spacial score (nSPS) is 18.5. The van der Waals surface area contributed by atoms with Crippen LogP contribution in [0.25, 0.3) is 11.3 Å². The Bertz CT molecular complexity index is 1010. The van der Waals surface area contributed by atoms with Gasteiger partial charge in [0.1, 0.15) is 6.04 Å². The predicted octanol–water partition coefficient (Wildman–Crippen LogP) is 3.48. The molecule has 0 spiro atoms. The molecule has 0 radical (unpaired) electrons. The van der Waals surface area contributed by atoms with Gasteiger partial charge in [0.15, 0.2) is 0 Å². The second kappa shape index (κ2) is 9.28. The summed E-state index contributed by atoms with van der Waals surface area (Å²) in [7, 11) is 1.34. The molecule has 0 saturated carbocycles. The first-order valence-electron chi connectivity index (χ1n) is 11.2. The van der Waals surface area contributed by atoms with Gasteiger partial charge in [0.25, 0.3) is 0 Å². The van der Waals surface area contributed by atoms with Crippen LogP contribution in [0.2, 0.25) is 0 Å². The van der Waals surface area contributed by atoms with Gasteiger partial charge in [-0.1, -0.05) is 44.2 Å². The lowest BCUT2D eigenvalue weighted by molar-refractivity contribution is -0.144. The molecular weight excluding hydrogens is 406 g/mol. The Labute approximate surface area is 189 Å². The summed E-state index contributed by atoms with van der Waals surface area (Å²) in [6.07, 6.45) is 1.58. The van der Waals surface area contributed by atoms with Crippen molar-refractivity contribution in [2.45, 2.75) is 58.9 Å². The molecule has 0 aliphatic carbocycles. The summed E-state index contributed by atoms with van der Waals surface area (Å²) in [5.74, 6) is -0.499. The van der Waals surface area contributed by atoms with E-state index >= 15 is 0 Å². The largest absolute Gasteiger partial charge is 0.467 e. The average molecular weight is 438 g/mol. The van der Waals surface area contributed by atoms with Gasteiger partial charge < -0.3 is 19.7 Å². The highest BCUT2D eigenvalue weighted by atomic mass is 16.5. The first kappa shape index (κ1) is 22.3. The van der Waals surface area contributed by atoms with Crippen molar-refractivity contribution in [3.05, 3.63) is 52.7 Å². The number of nitrogens with one attached hydrogen (secondary N) is 1. The summed E-state index contributed by atoms with van der Waals surface area (Å²) >= 11 is 0. The maximum atomic E-state index is 13.0. The highest BCUT2D eigenvalue weighted by molar-refractivity contribution is 5.84. The van der Waals surface area contributed by atoms with E-state index in [2.05, 4.69) is 24.4 Å². The molecule has 0 fully saturated rings. The lowest BCUT2D eigenvalue weighted by atomic mass is 9.88. The van der Waals surface area contributed by atoms with Gasteiger partial charge in [-0.05, 0) is 29.5 Å². The van der Waals surface area contributed by atoms with E-state index < -0.39 is 12.0 Å². The smallest absolute Gasteiger partial charge is 0.328 e. The van der Waals surface area contributed by atoms with E-state index in [9.17, 15) is 9.59 Å². The SMILES string of the molecule is COC(=O)[C@@H](NC(=O)N1CCc2nc(-c3ccccc3)c3c(c2C1)CO[C@@H](C)C3)C(C)C. The first-order valence-corrected chi connectivity index (χ1v) is 11.2. The highest BCUT2D eigenvalue weighted by Gasteiger charge is 2.32. The topological polar surface area (TPSA) is 80.8 Å². The summed E-state index contributed by atoms with van der Waals surface area (Å²) in [4.78, 5) is 31.9. The molecule has 1 aromatic heterocycles. The van der Waals surface area contributed by atoms with E-state index in [1.807, 2.05) is 32.0 Å². The molecule has 0 bridgehead atoms. The summed E-state index contributed by atoms with van der Waals surface area (Å²) < 4.78 is 10.9. The molecule has 3 heterocycles. The number of ether oxygens (including phenoxy) is 2. The number of carbonyl (C=O) groups excluding carboxylic acids is 2. The summed E-state index contributed by atoms with van der Waals surface area (Å²) in [6, 6.07) is 9.33. The highest BCUT2D eigenvalue weighted by Crippen LogP contribution is 2.35. The molecule has 2 aromatic rings. The maximum Gasteiger partial charge on any atom is 0.328 e. The molecule has 4 rings (SSSR count). The zero-order chi connectivity index (χ0) is 22.8. The molecule has 0 unspecified atom stereocenters. The number of urea groups is 1. The van der Waals surface area contributed by atoms with Gasteiger partial charge in [-0.2, -0.15) is 0 Å². The Morgan fingerprint density at radius 1 is 1.19 bits per heavy atom. The van der Waals surface area contributed by atoms with Crippen molar-refractivity contribution in [3.63, 3.8) is 0 Å². The van der Waals surface area contributed by atoms with Crippen molar-refractivity contribution in [1.29, 1.82) is 0 Å². The standard InChI is InChI=1S/C25H31N3O4/c1-15(2)22(24(29)31-4)27-25(30)28-11-10-21-19(13-28)20-14-32-16(3)12-18(20)23(26-21)17-8-6-5-7-9-17/h5-9,15-16,22H,10-14H2,1-4H3,(H,27,30)/t16-,22-/m0/s1. The predicted molar refractivity (Wildman–Crippen MR) is 121 cm³/mol. The molecule has 2 aliphatic rings. The van der Waals surface area contributed by atoms with Crippen LogP contribution in [0.15, 0.2) is 30.3 Å². The van der Waals surface area contributed by atoms with Crippen molar-refractivity contribution in [1.82, 2.24) is 15.2 Å². The van der Waals surface area contributed by atoms with Gasteiger partial charge >= 0.3 is 12.0 Å². The van der Waals surface area contributed by atoms with Crippen LogP contribution in [0.4, 0.5) is 4.79 Å². The van der Waals surface area contributed by atoms with Gasteiger partial charge in [0.05, 0.1) is 25.5 Å². The zero-order valence-corrected chi connectivity index (χ0v) is 19.2. The van der Waals surface area contributed by atoms with Crippen molar-refractivity contribution >= 4 is 12.0 Å². The van der Waals surface area contributed by atoms with Gasteiger partial charge in [0, 0.05) is 37.2 Å². The quantitative estimate of drug-likeness (QED) is 0.741. The number of esters is 1. The molecule has 1 aromatic carbocycles. The van der Waals surface area contributed by atoms with Crippen molar-refractivity contribution in [2.24, 2.45) is 5.92 Å². The van der Waals surface area contributed by atoms with Crippen LogP contribution in [0.1, 0.15) is 43.2 Å². The fourth-order valence-electron chi connectivity index (χ4n) is 4.50. The van der Waals surface area contributed by atoms with Crippen LogP contribution < -0.4 is 5.32 Å². The number of hydrogen-bond acceptors (Lipinski definition) is 5. The van der Waals surface area contributed by atoms with E-state index in [0.29, 0.717) is 26.1 Å². The third kappa shape index (κ3) is 4.35. The van der Waals surface area contributed by atoms with Gasteiger partial charge in [-0.25, -0.2) is 9.59 Å². The van der Waals surface area contributed by atoms with Gasteiger partial charge in [-0.15, -0.1) is 0 Å². The minimum Gasteiger partial charge on any atom is -0.467 e. The van der Waals surface area contributed by atoms with Gasteiger partial charge in [0.2, 0.25) is 0 Å². The van der Waals surface area contributed by atoms with Crippen LogP contribution in [0, 0.1) is 5.92 Å². The lowest BCUT2D eigenvalue weighted by Gasteiger charge is -2.35. The summed E-state index contributed by atoms with van der Waals surface area (Å²) in [6.45, 7) is 7.37. The molecule has 2 atom stereocenters. The Morgan fingerprint density at radius 3 is 2.62 bits per heavy atom. The van der Waals surface area contributed by atoms with E-state index in [1.54, 1.807) is 4.90 Å².